The highest BCUT2D eigenvalue weighted by atomic mass is 32.1. The number of nitrogens with zero attached hydrogens (tertiary/aromatic N) is 1. The molecule has 1 unspecified atom stereocenters. The Morgan fingerprint density at radius 3 is 2.42 bits per heavy atom. The maximum atomic E-state index is 12.4. The highest BCUT2D eigenvalue weighted by Crippen LogP contribution is 2.32. The van der Waals surface area contributed by atoms with Gasteiger partial charge in [0.15, 0.2) is 11.7 Å². The molecule has 1 amide bonds. The number of thiazole rings is 1. The summed E-state index contributed by atoms with van der Waals surface area (Å²) < 4.78 is 6.80. The summed E-state index contributed by atoms with van der Waals surface area (Å²) in [7, 11) is 0. The number of ether oxygens (including phenoxy) is 1. The van der Waals surface area contributed by atoms with Crippen LogP contribution in [0.5, 0.6) is 5.75 Å². The molecule has 0 aliphatic heterocycles. The van der Waals surface area contributed by atoms with Crippen molar-refractivity contribution in [2.45, 2.75) is 45.4 Å². The summed E-state index contributed by atoms with van der Waals surface area (Å²) in [6, 6.07) is 24.7. The van der Waals surface area contributed by atoms with E-state index in [0.717, 1.165) is 16.6 Å². The van der Waals surface area contributed by atoms with Crippen LogP contribution < -0.4 is 10.1 Å². The first-order valence-electron chi connectivity index (χ1n) is 11.4. The molecule has 1 aromatic heterocycles. The van der Waals surface area contributed by atoms with Gasteiger partial charge in [0, 0.05) is 5.41 Å². The Hall–Kier alpha value is -3.18. The Morgan fingerprint density at radius 2 is 1.73 bits per heavy atom. The number of carbonyl (C=O) groups is 1. The smallest absolute Gasteiger partial charge is 0.264 e. The van der Waals surface area contributed by atoms with Crippen LogP contribution in [-0.2, 0) is 10.2 Å². The van der Waals surface area contributed by atoms with Crippen LogP contribution in [0.25, 0.3) is 10.2 Å². The average Bonchev–Trinajstić information content (AvgIpc) is 3.24. The number of anilines is 1. The van der Waals surface area contributed by atoms with Crippen LogP contribution in [0.1, 0.15) is 56.7 Å². The summed E-state index contributed by atoms with van der Waals surface area (Å²) in [5.74, 6) is 0.956. The molecule has 1 N–H and O–H groups in total. The second-order valence-electron chi connectivity index (χ2n) is 8.91. The van der Waals surface area contributed by atoms with Crippen molar-refractivity contribution in [1.29, 1.82) is 0 Å². The molecule has 5 heteroatoms. The molecule has 33 heavy (non-hydrogen) atoms. The molecule has 3 aromatic carbocycles. The summed E-state index contributed by atoms with van der Waals surface area (Å²) >= 11 is 1.49. The van der Waals surface area contributed by atoms with E-state index in [4.69, 9.17) is 4.74 Å². The lowest BCUT2D eigenvalue weighted by molar-refractivity contribution is -0.118. The highest BCUT2D eigenvalue weighted by Gasteiger charge is 2.22. The molecule has 4 rings (SSSR count). The number of aromatic nitrogens is 1. The fourth-order valence-electron chi connectivity index (χ4n) is 3.83. The zero-order chi connectivity index (χ0) is 23.4. The minimum absolute atomic E-state index is 0.0601. The maximum absolute atomic E-state index is 12.4. The van der Waals surface area contributed by atoms with Crippen molar-refractivity contribution in [3.8, 4) is 5.75 Å². The summed E-state index contributed by atoms with van der Waals surface area (Å²) in [6.07, 6.45) is 1.09. The van der Waals surface area contributed by atoms with Crippen LogP contribution in [0.15, 0.2) is 72.8 Å². The molecule has 0 aliphatic rings. The Morgan fingerprint density at radius 1 is 1.03 bits per heavy atom. The molecule has 0 radical (unpaired) electrons. The number of hydrogen-bond donors (Lipinski definition) is 1. The van der Waals surface area contributed by atoms with Gasteiger partial charge in [-0.15, -0.1) is 0 Å². The number of carbonyl (C=O) groups excluding carboxylic acids is 1. The topological polar surface area (TPSA) is 51.2 Å². The molecule has 0 spiro atoms. The van der Waals surface area contributed by atoms with Crippen LogP contribution in [0.2, 0.25) is 0 Å². The standard InChI is InChI=1S/C28H30N2O2S/c1-5-19(2)20-11-16-24-25(17-20)33-27(29-24)30-26(31)18-32-23-14-12-22(13-15-23)28(3,4)21-9-7-6-8-10-21/h6-17,19H,5,18H2,1-4H3,(H,29,30,31). The second kappa shape index (κ2) is 9.75. The SMILES string of the molecule is CCC(C)c1ccc2nc(NC(=O)COc3ccc(C(C)(C)c4ccccc4)cc3)sc2c1. The third-order valence-electron chi connectivity index (χ3n) is 6.28. The molecule has 1 atom stereocenters. The normalized spacial score (nSPS) is 12.5. The molecular formula is C28H30N2O2S. The van der Waals surface area contributed by atoms with Crippen molar-refractivity contribution in [3.05, 3.63) is 89.5 Å². The first kappa shape index (κ1) is 23.0. The molecule has 0 fully saturated rings. The van der Waals surface area contributed by atoms with E-state index < -0.39 is 0 Å². The van der Waals surface area contributed by atoms with Gasteiger partial charge in [-0.2, -0.15) is 0 Å². The van der Waals surface area contributed by atoms with E-state index in [2.05, 4.69) is 86.5 Å². The zero-order valence-corrected chi connectivity index (χ0v) is 20.4. The predicted molar refractivity (Wildman–Crippen MR) is 137 cm³/mol. The lowest BCUT2D eigenvalue weighted by atomic mass is 9.78. The number of rotatable bonds is 8. The molecule has 170 valence electrons. The summed E-state index contributed by atoms with van der Waals surface area (Å²) in [4.78, 5) is 17.0. The van der Waals surface area contributed by atoms with Gasteiger partial charge in [0.1, 0.15) is 5.75 Å². The average molecular weight is 459 g/mol. The minimum Gasteiger partial charge on any atom is -0.484 e. The minimum atomic E-state index is -0.218. The predicted octanol–water partition coefficient (Wildman–Crippen LogP) is 7.15. The first-order valence-corrected chi connectivity index (χ1v) is 12.2. The van der Waals surface area contributed by atoms with E-state index in [1.54, 1.807) is 0 Å². The van der Waals surface area contributed by atoms with E-state index in [-0.39, 0.29) is 17.9 Å². The molecule has 0 saturated heterocycles. The lowest BCUT2D eigenvalue weighted by Gasteiger charge is -2.26. The Balaban J connectivity index is 1.36. The molecule has 0 bridgehead atoms. The van der Waals surface area contributed by atoms with Gasteiger partial charge < -0.3 is 4.74 Å². The van der Waals surface area contributed by atoms with Crippen molar-refractivity contribution in [2.24, 2.45) is 0 Å². The summed E-state index contributed by atoms with van der Waals surface area (Å²) in [5.41, 5.74) is 4.54. The Labute approximate surface area is 199 Å². The largest absolute Gasteiger partial charge is 0.484 e. The molecule has 4 nitrogen and oxygen atoms in total. The van der Waals surface area contributed by atoms with Gasteiger partial charge in [0.2, 0.25) is 0 Å². The number of nitrogens with one attached hydrogen (secondary N) is 1. The van der Waals surface area contributed by atoms with Gasteiger partial charge in [-0.05, 0) is 53.3 Å². The van der Waals surface area contributed by atoms with Crippen LogP contribution >= 0.6 is 11.3 Å². The van der Waals surface area contributed by atoms with Gasteiger partial charge in [-0.1, -0.05) is 87.6 Å². The monoisotopic (exact) mass is 458 g/mol. The third kappa shape index (κ3) is 5.25. The van der Waals surface area contributed by atoms with E-state index in [1.165, 1.54) is 28.0 Å². The fourth-order valence-corrected chi connectivity index (χ4v) is 4.76. The van der Waals surface area contributed by atoms with Crippen LogP contribution in [0.4, 0.5) is 5.13 Å². The van der Waals surface area contributed by atoms with E-state index in [9.17, 15) is 4.79 Å². The van der Waals surface area contributed by atoms with Crippen molar-refractivity contribution in [3.63, 3.8) is 0 Å². The van der Waals surface area contributed by atoms with E-state index in [0.29, 0.717) is 16.8 Å². The van der Waals surface area contributed by atoms with Gasteiger partial charge >= 0.3 is 0 Å². The molecular weight excluding hydrogens is 428 g/mol. The first-order chi connectivity index (χ1) is 15.9. The second-order valence-corrected chi connectivity index (χ2v) is 9.94. The van der Waals surface area contributed by atoms with Crippen LogP contribution in [-0.4, -0.2) is 17.5 Å². The number of fused-ring (bicyclic) bond motifs is 1. The number of amides is 1. The Kier molecular flexibility index (Phi) is 6.80. The van der Waals surface area contributed by atoms with Gasteiger partial charge in [0.25, 0.3) is 5.91 Å². The van der Waals surface area contributed by atoms with Crippen LogP contribution in [0, 0.1) is 0 Å². The van der Waals surface area contributed by atoms with Crippen LogP contribution in [0.3, 0.4) is 0 Å². The Bertz CT molecular complexity index is 1230. The van der Waals surface area contributed by atoms with E-state index >= 15 is 0 Å². The van der Waals surface area contributed by atoms with Gasteiger partial charge in [-0.25, -0.2) is 4.98 Å². The number of hydrogen-bond acceptors (Lipinski definition) is 4. The van der Waals surface area contributed by atoms with Gasteiger partial charge in [-0.3, -0.25) is 10.1 Å². The maximum Gasteiger partial charge on any atom is 0.264 e. The fraction of sp³-hybridized carbons (Fsp3) is 0.286. The zero-order valence-electron chi connectivity index (χ0n) is 19.6. The van der Waals surface area contributed by atoms with Crippen molar-refractivity contribution in [2.75, 3.05) is 11.9 Å². The summed E-state index contributed by atoms with van der Waals surface area (Å²) in [6.45, 7) is 8.75. The highest BCUT2D eigenvalue weighted by molar-refractivity contribution is 7.22. The quantitative estimate of drug-likeness (QED) is 0.305. The molecule has 4 aromatic rings. The van der Waals surface area contributed by atoms with Crippen molar-refractivity contribution in [1.82, 2.24) is 4.98 Å². The van der Waals surface area contributed by atoms with Gasteiger partial charge in [0.05, 0.1) is 10.2 Å². The molecule has 0 aliphatic carbocycles. The van der Waals surface area contributed by atoms with Crippen molar-refractivity contribution >= 4 is 32.6 Å². The molecule has 1 heterocycles. The number of benzene rings is 3. The van der Waals surface area contributed by atoms with E-state index in [1.807, 2.05) is 24.3 Å². The molecule has 0 saturated carbocycles. The lowest BCUT2D eigenvalue weighted by Crippen LogP contribution is -2.20. The third-order valence-corrected chi connectivity index (χ3v) is 7.22. The summed E-state index contributed by atoms with van der Waals surface area (Å²) in [5, 5.41) is 3.46. The van der Waals surface area contributed by atoms with Crippen molar-refractivity contribution < 1.29 is 9.53 Å².